The number of alkyl halides is 3. The Hall–Kier alpha value is -2.34. The van der Waals surface area contributed by atoms with Crippen molar-refractivity contribution in [2.75, 3.05) is 5.32 Å². The van der Waals surface area contributed by atoms with Crippen molar-refractivity contribution in [2.24, 2.45) is 0 Å². The first-order valence-electron chi connectivity index (χ1n) is 7.48. The number of ketones is 1. The molecular formula is C19H13BrF3NO. The predicted molar refractivity (Wildman–Crippen MR) is 95.8 cm³/mol. The van der Waals surface area contributed by atoms with Gasteiger partial charge in [0.2, 0.25) is 0 Å². The fourth-order valence-corrected chi connectivity index (χ4v) is 3.21. The number of halogens is 4. The van der Waals surface area contributed by atoms with Crippen molar-refractivity contribution in [1.82, 2.24) is 0 Å². The number of carbonyl (C=O) groups is 1. The second-order valence-electron chi connectivity index (χ2n) is 5.49. The minimum atomic E-state index is -4.94. The molecular weight excluding hydrogens is 395 g/mol. The van der Waals surface area contributed by atoms with Crippen molar-refractivity contribution in [3.05, 3.63) is 76.3 Å². The summed E-state index contributed by atoms with van der Waals surface area (Å²) in [5, 5.41) is 4.30. The van der Waals surface area contributed by atoms with Gasteiger partial charge in [0, 0.05) is 16.4 Å². The molecule has 0 saturated carbocycles. The van der Waals surface area contributed by atoms with Crippen molar-refractivity contribution in [2.45, 2.75) is 12.7 Å². The zero-order chi connectivity index (χ0) is 18.0. The zero-order valence-corrected chi connectivity index (χ0v) is 14.5. The standard InChI is InChI=1S/C19H13BrF3NO/c20-16-10-15(18(25)19(21,22)23)17(14-9-5-4-8-13(14)16)24-11-12-6-2-1-3-7-12/h1-10,24H,11H2. The lowest BCUT2D eigenvalue weighted by molar-refractivity contribution is -0.0884. The van der Waals surface area contributed by atoms with Gasteiger partial charge in [-0.25, -0.2) is 0 Å². The Morgan fingerprint density at radius 2 is 1.56 bits per heavy atom. The average molecular weight is 408 g/mol. The maximum Gasteiger partial charge on any atom is 0.454 e. The Kier molecular flexibility index (Phi) is 4.81. The minimum Gasteiger partial charge on any atom is -0.380 e. The van der Waals surface area contributed by atoms with E-state index in [1.165, 1.54) is 6.07 Å². The van der Waals surface area contributed by atoms with E-state index in [0.717, 1.165) is 10.9 Å². The van der Waals surface area contributed by atoms with E-state index in [2.05, 4.69) is 21.2 Å². The van der Waals surface area contributed by atoms with Gasteiger partial charge in [0.25, 0.3) is 5.78 Å². The number of benzene rings is 3. The highest BCUT2D eigenvalue weighted by Crippen LogP contribution is 2.36. The Morgan fingerprint density at radius 3 is 2.20 bits per heavy atom. The lowest BCUT2D eigenvalue weighted by Crippen LogP contribution is -2.24. The highest BCUT2D eigenvalue weighted by molar-refractivity contribution is 9.10. The van der Waals surface area contributed by atoms with Gasteiger partial charge in [-0.3, -0.25) is 4.79 Å². The molecule has 0 amide bonds. The van der Waals surface area contributed by atoms with Crippen molar-refractivity contribution in [1.29, 1.82) is 0 Å². The summed E-state index contributed by atoms with van der Waals surface area (Å²) in [7, 11) is 0. The Labute approximate surface area is 150 Å². The number of Topliss-reactive ketones (excluding diaryl/α,β-unsaturated/α-hetero) is 1. The van der Waals surface area contributed by atoms with Gasteiger partial charge in [-0.2, -0.15) is 13.2 Å². The number of nitrogens with one attached hydrogen (secondary N) is 1. The lowest BCUT2D eigenvalue weighted by atomic mass is 10.0. The molecule has 0 radical (unpaired) electrons. The first kappa shape index (κ1) is 17.5. The van der Waals surface area contributed by atoms with Gasteiger partial charge in [-0.15, -0.1) is 0 Å². The van der Waals surface area contributed by atoms with Gasteiger partial charge >= 0.3 is 6.18 Å². The summed E-state index contributed by atoms with van der Waals surface area (Å²) in [5.41, 5.74) is 0.693. The Balaban J connectivity index is 2.12. The molecule has 0 aromatic heterocycles. The van der Waals surface area contributed by atoms with Gasteiger partial charge in [0.15, 0.2) is 0 Å². The van der Waals surface area contributed by atoms with Gasteiger partial charge in [0.05, 0.1) is 11.3 Å². The van der Waals surface area contributed by atoms with E-state index in [1.807, 2.05) is 30.3 Å². The summed E-state index contributed by atoms with van der Waals surface area (Å²) < 4.78 is 39.5. The Bertz CT molecular complexity index is 923. The lowest BCUT2D eigenvalue weighted by Gasteiger charge is -2.17. The first-order valence-corrected chi connectivity index (χ1v) is 8.28. The summed E-state index contributed by atoms with van der Waals surface area (Å²) >= 11 is 3.27. The van der Waals surface area contributed by atoms with E-state index in [9.17, 15) is 18.0 Å². The molecule has 0 aliphatic rings. The number of hydrogen-bond acceptors (Lipinski definition) is 2. The van der Waals surface area contributed by atoms with Crippen LogP contribution in [0.5, 0.6) is 0 Å². The van der Waals surface area contributed by atoms with Crippen LogP contribution >= 0.6 is 15.9 Å². The summed E-state index contributed by atoms with van der Waals surface area (Å²) in [5.74, 6) is -1.87. The van der Waals surface area contributed by atoms with Crippen molar-refractivity contribution in [3.63, 3.8) is 0 Å². The van der Waals surface area contributed by atoms with Crippen LogP contribution in [0, 0.1) is 0 Å². The van der Waals surface area contributed by atoms with Crippen LogP contribution in [0.15, 0.2) is 65.1 Å². The third kappa shape index (κ3) is 3.69. The second-order valence-corrected chi connectivity index (χ2v) is 6.35. The fraction of sp³-hybridized carbons (Fsp3) is 0.105. The van der Waals surface area contributed by atoms with Crippen molar-refractivity contribution in [3.8, 4) is 0 Å². The topological polar surface area (TPSA) is 29.1 Å². The monoisotopic (exact) mass is 407 g/mol. The van der Waals surface area contributed by atoms with Crippen LogP contribution in [-0.2, 0) is 6.54 Å². The quantitative estimate of drug-likeness (QED) is 0.540. The van der Waals surface area contributed by atoms with Gasteiger partial charge < -0.3 is 5.32 Å². The van der Waals surface area contributed by atoms with E-state index in [4.69, 9.17) is 0 Å². The van der Waals surface area contributed by atoms with Crippen molar-refractivity contribution < 1.29 is 18.0 Å². The largest absolute Gasteiger partial charge is 0.454 e. The molecule has 0 aliphatic carbocycles. The number of fused-ring (bicyclic) bond motifs is 1. The average Bonchev–Trinajstić information content (AvgIpc) is 2.60. The van der Waals surface area contributed by atoms with Crippen LogP contribution in [-0.4, -0.2) is 12.0 Å². The fourth-order valence-electron chi connectivity index (χ4n) is 2.64. The van der Waals surface area contributed by atoms with E-state index in [0.29, 0.717) is 16.4 Å². The molecule has 0 heterocycles. The summed E-state index contributed by atoms with van der Waals surface area (Å²) in [6.45, 7) is 0.310. The molecule has 3 aromatic carbocycles. The van der Waals surface area contributed by atoms with Crippen LogP contribution in [0.25, 0.3) is 10.8 Å². The van der Waals surface area contributed by atoms with E-state index < -0.39 is 17.5 Å². The van der Waals surface area contributed by atoms with Crippen LogP contribution in [0.2, 0.25) is 0 Å². The van der Waals surface area contributed by atoms with E-state index in [1.54, 1.807) is 24.3 Å². The molecule has 6 heteroatoms. The highest BCUT2D eigenvalue weighted by Gasteiger charge is 2.41. The minimum absolute atomic E-state index is 0.185. The van der Waals surface area contributed by atoms with Crippen LogP contribution in [0.3, 0.4) is 0 Å². The third-order valence-electron chi connectivity index (χ3n) is 3.81. The summed E-state index contributed by atoms with van der Waals surface area (Å²) in [6.07, 6.45) is -4.94. The predicted octanol–water partition coefficient (Wildman–Crippen LogP) is 5.96. The molecule has 2 nitrogen and oxygen atoms in total. The maximum absolute atomic E-state index is 13.0. The SMILES string of the molecule is O=C(c1cc(Br)c2ccccc2c1NCc1ccccc1)C(F)(F)F. The zero-order valence-electron chi connectivity index (χ0n) is 12.9. The van der Waals surface area contributed by atoms with Crippen molar-refractivity contribution >= 4 is 38.2 Å². The van der Waals surface area contributed by atoms with Crippen LogP contribution in [0.1, 0.15) is 15.9 Å². The summed E-state index contributed by atoms with van der Waals surface area (Å²) in [6, 6.07) is 17.5. The molecule has 0 spiro atoms. The number of carbonyl (C=O) groups excluding carboxylic acids is 1. The van der Waals surface area contributed by atoms with Crippen LogP contribution < -0.4 is 5.32 Å². The van der Waals surface area contributed by atoms with Gasteiger partial charge in [0.1, 0.15) is 0 Å². The van der Waals surface area contributed by atoms with Gasteiger partial charge in [-0.05, 0) is 17.0 Å². The molecule has 25 heavy (non-hydrogen) atoms. The molecule has 3 rings (SSSR count). The van der Waals surface area contributed by atoms with Gasteiger partial charge in [-0.1, -0.05) is 70.5 Å². The Morgan fingerprint density at radius 1 is 0.960 bits per heavy atom. The molecule has 128 valence electrons. The normalized spacial score (nSPS) is 11.5. The second kappa shape index (κ2) is 6.88. The molecule has 3 aromatic rings. The maximum atomic E-state index is 13.0. The van der Waals surface area contributed by atoms with E-state index >= 15 is 0 Å². The van der Waals surface area contributed by atoms with Crippen LogP contribution in [0.4, 0.5) is 18.9 Å². The molecule has 1 N–H and O–H groups in total. The third-order valence-corrected chi connectivity index (χ3v) is 4.46. The first-order chi connectivity index (χ1) is 11.9. The molecule has 0 atom stereocenters. The molecule has 0 unspecified atom stereocenters. The summed E-state index contributed by atoms with van der Waals surface area (Å²) in [4.78, 5) is 11.9. The smallest absolute Gasteiger partial charge is 0.380 e. The number of anilines is 1. The molecule has 0 fully saturated rings. The molecule has 0 saturated heterocycles. The molecule has 0 bridgehead atoms. The van der Waals surface area contributed by atoms with E-state index in [-0.39, 0.29) is 5.69 Å². The highest BCUT2D eigenvalue weighted by atomic mass is 79.9. The molecule has 0 aliphatic heterocycles. The number of hydrogen-bond donors (Lipinski definition) is 1. The number of rotatable bonds is 4.